The van der Waals surface area contributed by atoms with Crippen molar-refractivity contribution in [1.82, 2.24) is 9.62 Å². The monoisotopic (exact) mass is 298 g/mol. The third-order valence-corrected chi connectivity index (χ3v) is 5.02. The summed E-state index contributed by atoms with van der Waals surface area (Å²) in [5.41, 5.74) is 0.606. The van der Waals surface area contributed by atoms with E-state index in [1.165, 1.54) is 18.1 Å². The van der Waals surface area contributed by atoms with Gasteiger partial charge in [-0.2, -0.15) is 0 Å². The number of nitrogens with zero attached hydrogens (tertiary/aromatic N) is 1. The van der Waals surface area contributed by atoms with Gasteiger partial charge in [-0.15, -0.1) is 0 Å². The lowest BCUT2D eigenvalue weighted by molar-refractivity contribution is -0.126. The molecule has 1 unspecified atom stereocenters. The van der Waals surface area contributed by atoms with Crippen molar-refractivity contribution in [2.45, 2.75) is 24.3 Å². The minimum Gasteiger partial charge on any atom is -0.497 e. The van der Waals surface area contributed by atoms with Gasteiger partial charge in [0, 0.05) is 26.1 Å². The van der Waals surface area contributed by atoms with E-state index in [2.05, 4.69) is 4.72 Å². The van der Waals surface area contributed by atoms with Gasteiger partial charge >= 0.3 is 0 Å². The number of likely N-dealkylation sites (tertiary alicyclic amines) is 1. The minimum absolute atomic E-state index is 0.0517. The largest absolute Gasteiger partial charge is 0.497 e. The lowest BCUT2D eigenvalue weighted by Crippen LogP contribution is -2.36. The second-order valence-corrected chi connectivity index (χ2v) is 6.61. The van der Waals surface area contributed by atoms with Crippen molar-refractivity contribution in [3.63, 3.8) is 0 Å². The third kappa shape index (κ3) is 2.94. The number of sulfonamides is 1. The van der Waals surface area contributed by atoms with Gasteiger partial charge in [0.25, 0.3) is 0 Å². The molecule has 0 aliphatic carbocycles. The number of ether oxygens (including phenoxy) is 1. The summed E-state index contributed by atoms with van der Waals surface area (Å²) >= 11 is 0. The Kier molecular flexibility index (Phi) is 4.01. The van der Waals surface area contributed by atoms with Crippen LogP contribution in [0, 0.1) is 6.92 Å². The van der Waals surface area contributed by atoms with Crippen LogP contribution in [0.5, 0.6) is 5.75 Å². The fourth-order valence-corrected chi connectivity index (χ4v) is 3.73. The molecule has 0 aromatic heterocycles. The summed E-state index contributed by atoms with van der Waals surface area (Å²) in [6.07, 6.45) is 0.199. The number of nitrogens with one attached hydrogen (secondary N) is 1. The van der Waals surface area contributed by atoms with Gasteiger partial charge in [-0.25, -0.2) is 13.1 Å². The molecule has 1 N–H and O–H groups in total. The van der Waals surface area contributed by atoms with Gasteiger partial charge in [-0.05, 0) is 30.7 Å². The Morgan fingerprint density at radius 1 is 1.40 bits per heavy atom. The van der Waals surface area contributed by atoms with E-state index in [1.807, 2.05) is 0 Å². The topological polar surface area (TPSA) is 75.7 Å². The molecule has 1 saturated heterocycles. The molecule has 1 amide bonds. The van der Waals surface area contributed by atoms with Crippen LogP contribution in [0.1, 0.15) is 12.0 Å². The molecule has 1 atom stereocenters. The normalized spacial score (nSPS) is 19.4. The zero-order chi connectivity index (χ0) is 14.9. The Hall–Kier alpha value is -1.60. The molecular formula is C13H18N2O4S. The quantitative estimate of drug-likeness (QED) is 0.879. The average molecular weight is 298 g/mol. The van der Waals surface area contributed by atoms with Crippen molar-refractivity contribution in [3.05, 3.63) is 23.8 Å². The number of hydrogen-bond donors (Lipinski definition) is 1. The van der Waals surface area contributed by atoms with Gasteiger partial charge in [-0.3, -0.25) is 4.79 Å². The molecule has 1 aliphatic heterocycles. The summed E-state index contributed by atoms with van der Waals surface area (Å²) in [5.74, 6) is 0.557. The first-order chi connectivity index (χ1) is 9.33. The highest BCUT2D eigenvalue weighted by atomic mass is 32.2. The van der Waals surface area contributed by atoms with E-state index < -0.39 is 10.0 Å². The number of likely N-dealkylation sites (N-methyl/N-ethyl adjacent to an activating group) is 1. The highest BCUT2D eigenvalue weighted by Crippen LogP contribution is 2.22. The zero-order valence-corrected chi connectivity index (χ0v) is 12.5. The summed E-state index contributed by atoms with van der Waals surface area (Å²) in [7, 11) is -0.440. The molecule has 6 nitrogen and oxygen atoms in total. The van der Waals surface area contributed by atoms with Crippen LogP contribution < -0.4 is 9.46 Å². The van der Waals surface area contributed by atoms with Crippen molar-refractivity contribution >= 4 is 15.9 Å². The van der Waals surface area contributed by atoms with Crippen LogP contribution in [0.15, 0.2) is 23.1 Å². The van der Waals surface area contributed by atoms with E-state index in [0.29, 0.717) is 17.9 Å². The number of benzene rings is 1. The number of amides is 1. The van der Waals surface area contributed by atoms with Crippen molar-refractivity contribution < 1.29 is 17.9 Å². The molecule has 7 heteroatoms. The molecule has 20 heavy (non-hydrogen) atoms. The van der Waals surface area contributed by atoms with Crippen LogP contribution >= 0.6 is 0 Å². The van der Waals surface area contributed by atoms with Crippen molar-refractivity contribution in [3.8, 4) is 5.75 Å². The molecule has 1 heterocycles. The third-order valence-electron chi connectivity index (χ3n) is 3.33. The smallest absolute Gasteiger partial charge is 0.241 e. The Labute approximate surface area is 118 Å². The van der Waals surface area contributed by atoms with Gasteiger partial charge in [0.2, 0.25) is 15.9 Å². The first kappa shape index (κ1) is 14.8. The molecule has 0 spiro atoms. The SMILES string of the molecule is COc1ccc(S(=O)(=O)NC2CC(=O)N(C)C2)c(C)c1. The van der Waals surface area contributed by atoms with E-state index >= 15 is 0 Å². The van der Waals surface area contributed by atoms with Gasteiger partial charge in [0.05, 0.1) is 12.0 Å². The first-order valence-electron chi connectivity index (χ1n) is 6.24. The van der Waals surface area contributed by atoms with Crippen LogP contribution in [0.2, 0.25) is 0 Å². The molecule has 0 radical (unpaired) electrons. The lowest BCUT2D eigenvalue weighted by atomic mass is 10.2. The fourth-order valence-electron chi connectivity index (χ4n) is 2.28. The molecule has 1 aromatic carbocycles. The Bertz CT molecular complexity index is 627. The van der Waals surface area contributed by atoms with E-state index in [1.54, 1.807) is 26.1 Å². The first-order valence-corrected chi connectivity index (χ1v) is 7.73. The van der Waals surface area contributed by atoms with Crippen LogP contribution in [0.25, 0.3) is 0 Å². The summed E-state index contributed by atoms with van der Waals surface area (Å²) in [6.45, 7) is 2.11. The molecule has 110 valence electrons. The molecule has 0 saturated carbocycles. The van der Waals surface area contributed by atoms with Crippen molar-refractivity contribution in [1.29, 1.82) is 0 Å². The fraction of sp³-hybridized carbons (Fsp3) is 0.462. The van der Waals surface area contributed by atoms with Gasteiger partial charge in [0.1, 0.15) is 5.75 Å². The second-order valence-electron chi connectivity index (χ2n) is 4.93. The second kappa shape index (κ2) is 5.41. The zero-order valence-electron chi connectivity index (χ0n) is 11.7. The highest BCUT2D eigenvalue weighted by molar-refractivity contribution is 7.89. The summed E-state index contributed by atoms with van der Waals surface area (Å²) in [6, 6.07) is 4.41. The maximum atomic E-state index is 12.3. The highest BCUT2D eigenvalue weighted by Gasteiger charge is 2.31. The Balaban J connectivity index is 2.21. The minimum atomic E-state index is -3.63. The Morgan fingerprint density at radius 2 is 2.10 bits per heavy atom. The van der Waals surface area contributed by atoms with Crippen molar-refractivity contribution in [2.75, 3.05) is 20.7 Å². The van der Waals surface area contributed by atoms with E-state index in [-0.39, 0.29) is 23.3 Å². The van der Waals surface area contributed by atoms with Crippen LogP contribution in [-0.4, -0.2) is 46.0 Å². The number of methoxy groups -OCH3 is 1. The predicted molar refractivity (Wildman–Crippen MR) is 74.1 cm³/mol. The van der Waals surface area contributed by atoms with Gasteiger partial charge in [-0.1, -0.05) is 0 Å². The van der Waals surface area contributed by atoms with Crippen molar-refractivity contribution in [2.24, 2.45) is 0 Å². The number of aryl methyl sites for hydroxylation is 1. The molecule has 0 bridgehead atoms. The number of rotatable bonds is 4. The standard InChI is InChI=1S/C13H18N2O4S/c1-9-6-11(19-3)4-5-12(9)20(17,18)14-10-7-13(16)15(2)8-10/h4-6,10,14H,7-8H2,1-3H3. The average Bonchev–Trinajstić information content (AvgIpc) is 2.66. The van der Waals surface area contributed by atoms with Crippen LogP contribution in [0.3, 0.4) is 0 Å². The lowest BCUT2D eigenvalue weighted by Gasteiger charge is -2.14. The van der Waals surface area contributed by atoms with Gasteiger partial charge in [0.15, 0.2) is 0 Å². The number of hydrogen-bond acceptors (Lipinski definition) is 4. The van der Waals surface area contributed by atoms with Gasteiger partial charge < -0.3 is 9.64 Å². The molecule has 1 aromatic rings. The Morgan fingerprint density at radius 3 is 2.60 bits per heavy atom. The maximum absolute atomic E-state index is 12.3. The predicted octanol–water partition coefficient (Wildman–Crippen LogP) is 0.513. The summed E-state index contributed by atoms with van der Waals surface area (Å²) < 4.78 is 32.3. The molecule has 2 rings (SSSR count). The van der Waals surface area contributed by atoms with Crippen LogP contribution in [0.4, 0.5) is 0 Å². The number of carbonyl (C=O) groups is 1. The summed E-state index contributed by atoms with van der Waals surface area (Å²) in [5, 5.41) is 0. The molecule has 1 aliphatic rings. The number of carbonyl (C=O) groups excluding carboxylic acids is 1. The van der Waals surface area contributed by atoms with Crippen LogP contribution in [-0.2, 0) is 14.8 Å². The summed E-state index contributed by atoms with van der Waals surface area (Å²) in [4.78, 5) is 13.2. The maximum Gasteiger partial charge on any atom is 0.241 e. The van der Waals surface area contributed by atoms with E-state index in [9.17, 15) is 13.2 Å². The van der Waals surface area contributed by atoms with E-state index in [0.717, 1.165) is 0 Å². The molecular weight excluding hydrogens is 280 g/mol. The van der Waals surface area contributed by atoms with E-state index in [4.69, 9.17) is 4.74 Å². The molecule has 1 fully saturated rings.